The molecule has 0 aromatic heterocycles. The third-order valence-electron chi connectivity index (χ3n) is 4.37. The average molecular weight is 460 g/mol. The largest absolute Gasteiger partial charge is 0.508 e. The number of phenolic OH excluding ortho intramolecular Hbond substituents is 1. The maximum atomic E-state index is 12.0. The first-order valence-electron chi connectivity index (χ1n) is 9.98. The molecule has 0 aliphatic rings. The number of aryl methyl sites for hydroxylation is 1. The van der Waals surface area contributed by atoms with Gasteiger partial charge in [-0.3, -0.25) is 15.5 Å². The number of nitrogens with zero attached hydrogens (tertiary/aromatic N) is 1. The van der Waals surface area contributed by atoms with E-state index in [4.69, 9.17) is 22.3 Å². The van der Waals surface area contributed by atoms with Crippen LogP contribution < -0.4 is 22.5 Å². The summed E-state index contributed by atoms with van der Waals surface area (Å²) in [5, 5.41) is 29.2. The minimum atomic E-state index is -1.87. The summed E-state index contributed by atoms with van der Waals surface area (Å²) in [5.74, 6) is -2.64. The van der Waals surface area contributed by atoms with Crippen LogP contribution in [-0.2, 0) is 16.0 Å². The zero-order valence-corrected chi connectivity index (χ0v) is 18.0. The van der Waals surface area contributed by atoms with Gasteiger partial charge in [-0.2, -0.15) is 0 Å². The van der Waals surface area contributed by atoms with E-state index in [-0.39, 0.29) is 31.1 Å². The Morgan fingerprint density at radius 1 is 0.970 bits per heavy atom. The lowest BCUT2D eigenvalue weighted by atomic mass is 10.0. The van der Waals surface area contributed by atoms with Gasteiger partial charge in [0.25, 0.3) is 0 Å². The molecule has 0 saturated heterocycles. The average Bonchev–Trinajstić information content (AvgIpc) is 2.77. The molecule has 0 heterocycles. The number of aromatic carboxylic acids is 1. The molecular formula is C22H29N5O6. The van der Waals surface area contributed by atoms with Gasteiger partial charge in [0.2, 0.25) is 5.91 Å². The Bertz CT molecular complexity index is 946. The number of nitrogens with one attached hydrogen (secondary N) is 1. The van der Waals surface area contributed by atoms with Gasteiger partial charge in [-0.25, -0.2) is 9.59 Å². The van der Waals surface area contributed by atoms with Crippen LogP contribution >= 0.6 is 0 Å². The van der Waals surface area contributed by atoms with Crippen molar-refractivity contribution < 1.29 is 29.7 Å². The van der Waals surface area contributed by atoms with Crippen LogP contribution in [0.25, 0.3) is 0 Å². The Morgan fingerprint density at radius 3 is 2.06 bits per heavy atom. The summed E-state index contributed by atoms with van der Waals surface area (Å²) < 4.78 is 0. The van der Waals surface area contributed by atoms with Gasteiger partial charge >= 0.3 is 11.9 Å². The highest BCUT2D eigenvalue weighted by Gasteiger charge is 2.34. The number of amides is 1. The molecule has 2 aromatic rings. The van der Waals surface area contributed by atoms with Gasteiger partial charge in [0.1, 0.15) is 5.75 Å². The van der Waals surface area contributed by atoms with Crippen molar-refractivity contribution in [3.63, 3.8) is 0 Å². The molecule has 1 atom stereocenters. The molecule has 0 saturated carbocycles. The molecule has 0 aliphatic carbocycles. The van der Waals surface area contributed by atoms with Crippen LogP contribution in [0.3, 0.4) is 0 Å². The minimum Gasteiger partial charge on any atom is -0.508 e. The molecule has 0 fully saturated rings. The summed E-state index contributed by atoms with van der Waals surface area (Å²) in [5.41, 5.74) is 15.4. The molecule has 2 rings (SSSR count). The van der Waals surface area contributed by atoms with E-state index in [2.05, 4.69) is 10.3 Å². The summed E-state index contributed by atoms with van der Waals surface area (Å²) in [7, 11) is 0. The predicted molar refractivity (Wildman–Crippen MR) is 122 cm³/mol. The number of nitrogens with two attached hydrogens (primary N) is 3. The Kier molecular flexibility index (Phi) is 10.9. The number of carboxylic acid groups (broad SMARTS) is 2. The van der Waals surface area contributed by atoms with Gasteiger partial charge in [0, 0.05) is 13.0 Å². The summed E-state index contributed by atoms with van der Waals surface area (Å²) in [6.45, 7) is 0.220. The smallest absolute Gasteiger partial charge is 0.344 e. The molecule has 33 heavy (non-hydrogen) atoms. The highest BCUT2D eigenvalue weighted by molar-refractivity contribution is 5.87. The molecule has 1 amide bonds. The topological polar surface area (TPSA) is 214 Å². The predicted octanol–water partition coefficient (Wildman–Crippen LogP) is 0.619. The second kappa shape index (κ2) is 13.3. The number of hydrogen-bond donors (Lipinski definition) is 7. The van der Waals surface area contributed by atoms with Crippen LogP contribution in [0.5, 0.6) is 5.75 Å². The van der Waals surface area contributed by atoms with Crippen LogP contribution in [0.15, 0.2) is 59.6 Å². The molecule has 0 aliphatic heterocycles. The van der Waals surface area contributed by atoms with E-state index in [9.17, 15) is 24.6 Å². The van der Waals surface area contributed by atoms with Crippen molar-refractivity contribution >= 4 is 23.8 Å². The first kappa shape index (κ1) is 26.9. The van der Waals surface area contributed by atoms with Crippen LogP contribution in [0.1, 0.15) is 35.2 Å². The molecule has 10 N–H and O–H groups in total. The van der Waals surface area contributed by atoms with Crippen LogP contribution in [-0.4, -0.2) is 51.3 Å². The molecule has 11 nitrogen and oxygen atoms in total. The van der Waals surface area contributed by atoms with E-state index >= 15 is 0 Å². The molecule has 0 unspecified atom stereocenters. The van der Waals surface area contributed by atoms with E-state index in [1.807, 2.05) is 0 Å². The zero-order valence-electron chi connectivity index (χ0n) is 18.0. The number of hydrogen-bond acceptors (Lipinski definition) is 6. The number of carboxylic acids is 2. The number of aliphatic imine (C=N–C) groups is 1. The third-order valence-corrected chi connectivity index (χ3v) is 4.37. The monoisotopic (exact) mass is 459 g/mol. The van der Waals surface area contributed by atoms with Crippen molar-refractivity contribution in [3.8, 4) is 5.75 Å². The van der Waals surface area contributed by atoms with E-state index in [0.29, 0.717) is 18.4 Å². The zero-order chi connectivity index (χ0) is 24.9. The van der Waals surface area contributed by atoms with Crippen molar-refractivity contribution in [2.24, 2.45) is 22.2 Å². The number of carbonyl (C=O) groups is 3. The SMILES string of the molecule is NC(N)=NCCC[C@@](N)(NC(=O)CCc1ccc(O)cc1)C(=O)O.O=C(O)c1ccccc1. The van der Waals surface area contributed by atoms with E-state index in [1.165, 1.54) is 12.1 Å². The molecule has 11 heteroatoms. The second-order valence-corrected chi connectivity index (χ2v) is 7.07. The van der Waals surface area contributed by atoms with Gasteiger partial charge in [0.15, 0.2) is 11.6 Å². The van der Waals surface area contributed by atoms with Gasteiger partial charge in [-0.1, -0.05) is 30.3 Å². The van der Waals surface area contributed by atoms with Crippen LogP contribution in [0.2, 0.25) is 0 Å². The summed E-state index contributed by atoms with van der Waals surface area (Å²) in [6, 6.07) is 14.7. The van der Waals surface area contributed by atoms with Crippen molar-refractivity contribution in [1.29, 1.82) is 0 Å². The molecule has 2 aromatic carbocycles. The number of benzene rings is 2. The van der Waals surface area contributed by atoms with Crippen molar-refractivity contribution in [1.82, 2.24) is 5.32 Å². The van der Waals surface area contributed by atoms with Gasteiger partial charge < -0.3 is 32.1 Å². The molecule has 0 bridgehead atoms. The molecule has 0 spiro atoms. The maximum absolute atomic E-state index is 12.0. The van der Waals surface area contributed by atoms with Crippen LogP contribution in [0.4, 0.5) is 0 Å². The van der Waals surface area contributed by atoms with Crippen LogP contribution in [0, 0.1) is 0 Å². The highest BCUT2D eigenvalue weighted by Crippen LogP contribution is 2.12. The number of aromatic hydroxyl groups is 1. The second-order valence-electron chi connectivity index (χ2n) is 7.07. The van der Waals surface area contributed by atoms with Gasteiger partial charge in [-0.05, 0) is 49.1 Å². The summed E-state index contributed by atoms with van der Waals surface area (Å²) in [4.78, 5) is 37.3. The standard InChI is InChI=1S/C15H23N5O4.C7H6O2/c16-14(17)19-9-1-8-15(18,13(23)24)20-12(22)7-4-10-2-5-11(21)6-3-10;8-7(9)6-4-2-1-3-5-6/h2-3,5-6,21H,1,4,7-9,18H2,(H,20,22)(H,23,24)(H4,16,17,19);1-5H,(H,8,9)/t15-;/m1./s1. The number of phenols is 1. The number of carbonyl (C=O) groups excluding carboxylic acids is 1. The fourth-order valence-corrected chi connectivity index (χ4v) is 2.60. The lowest BCUT2D eigenvalue weighted by molar-refractivity contribution is -0.147. The Morgan fingerprint density at radius 2 is 1.58 bits per heavy atom. The van der Waals surface area contributed by atoms with Crippen molar-refractivity contribution in [3.05, 3.63) is 65.7 Å². The first-order chi connectivity index (χ1) is 15.5. The fourth-order valence-electron chi connectivity index (χ4n) is 2.60. The van der Waals surface area contributed by atoms with Crippen molar-refractivity contribution in [2.75, 3.05) is 6.54 Å². The first-order valence-corrected chi connectivity index (χ1v) is 9.98. The lowest BCUT2D eigenvalue weighted by Gasteiger charge is -2.25. The number of aliphatic carboxylic acids is 1. The minimum absolute atomic E-state index is 0.00986. The summed E-state index contributed by atoms with van der Waals surface area (Å²) in [6.07, 6.45) is 0.768. The van der Waals surface area contributed by atoms with E-state index in [1.54, 1.807) is 42.5 Å². The summed E-state index contributed by atoms with van der Waals surface area (Å²) >= 11 is 0. The van der Waals surface area contributed by atoms with E-state index < -0.39 is 23.5 Å². The number of rotatable bonds is 10. The Labute approximate surface area is 190 Å². The van der Waals surface area contributed by atoms with E-state index in [0.717, 1.165) is 5.56 Å². The molecule has 0 radical (unpaired) electrons. The Balaban J connectivity index is 0.000000502. The molecule has 178 valence electrons. The van der Waals surface area contributed by atoms with Gasteiger partial charge in [-0.15, -0.1) is 0 Å². The Hall–Kier alpha value is -4.12. The van der Waals surface area contributed by atoms with Gasteiger partial charge in [0.05, 0.1) is 5.56 Å². The normalized spacial score (nSPS) is 11.8. The fraction of sp³-hybridized carbons (Fsp3) is 0.273. The quantitative estimate of drug-likeness (QED) is 0.114. The maximum Gasteiger partial charge on any atom is 0.344 e. The lowest BCUT2D eigenvalue weighted by Crippen LogP contribution is -2.61. The van der Waals surface area contributed by atoms with Crippen molar-refractivity contribution in [2.45, 2.75) is 31.3 Å². The third kappa shape index (κ3) is 10.6. The highest BCUT2D eigenvalue weighted by atomic mass is 16.4. The molecular weight excluding hydrogens is 430 g/mol. The number of guanidine groups is 1.